The molecule has 0 atom stereocenters. The number of aliphatic hydroxyl groups excluding tert-OH is 1. The van der Waals surface area contributed by atoms with E-state index in [0.29, 0.717) is 5.69 Å². The average molecular weight is 222 g/mol. The Morgan fingerprint density at radius 2 is 2.25 bits per heavy atom. The standard InChI is InChI=1S/C11H14N2O3/c1-8-3-2-4-9(13(15)16)10(8)12-11(7-14)5-6-11/h2-4,12,14H,5-7H2,1H3. The maximum absolute atomic E-state index is 10.9. The fourth-order valence-corrected chi connectivity index (χ4v) is 1.71. The number of rotatable bonds is 4. The predicted molar refractivity (Wildman–Crippen MR) is 60.5 cm³/mol. The fraction of sp³-hybridized carbons (Fsp3) is 0.455. The third-order valence-electron chi connectivity index (χ3n) is 2.99. The average Bonchev–Trinajstić information content (AvgIpc) is 3.01. The molecule has 5 nitrogen and oxygen atoms in total. The van der Waals surface area contributed by atoms with Crippen molar-refractivity contribution in [2.24, 2.45) is 0 Å². The highest BCUT2D eigenvalue weighted by molar-refractivity contribution is 5.67. The van der Waals surface area contributed by atoms with Gasteiger partial charge in [-0.25, -0.2) is 0 Å². The second-order valence-electron chi connectivity index (χ2n) is 4.29. The molecule has 16 heavy (non-hydrogen) atoms. The molecule has 0 amide bonds. The van der Waals surface area contributed by atoms with Crippen molar-refractivity contribution >= 4 is 11.4 Å². The van der Waals surface area contributed by atoms with Crippen molar-refractivity contribution < 1.29 is 10.0 Å². The highest BCUT2D eigenvalue weighted by Crippen LogP contribution is 2.41. The molecule has 0 saturated heterocycles. The molecule has 86 valence electrons. The summed E-state index contributed by atoms with van der Waals surface area (Å²) < 4.78 is 0. The van der Waals surface area contributed by atoms with Crippen molar-refractivity contribution in [3.8, 4) is 0 Å². The third-order valence-corrected chi connectivity index (χ3v) is 2.99. The number of nitro groups is 1. The summed E-state index contributed by atoms with van der Waals surface area (Å²) in [6.45, 7) is 1.83. The Labute approximate surface area is 93.2 Å². The molecular formula is C11H14N2O3. The Bertz CT molecular complexity index is 427. The number of anilines is 1. The molecular weight excluding hydrogens is 208 g/mol. The highest BCUT2D eigenvalue weighted by atomic mass is 16.6. The van der Waals surface area contributed by atoms with Crippen LogP contribution in [-0.4, -0.2) is 22.2 Å². The van der Waals surface area contributed by atoms with E-state index in [1.54, 1.807) is 6.07 Å². The van der Waals surface area contributed by atoms with E-state index < -0.39 is 4.92 Å². The highest BCUT2D eigenvalue weighted by Gasteiger charge is 2.43. The van der Waals surface area contributed by atoms with E-state index in [2.05, 4.69) is 5.32 Å². The van der Waals surface area contributed by atoms with Gasteiger partial charge in [0.1, 0.15) is 5.69 Å². The molecule has 0 bridgehead atoms. The van der Waals surface area contributed by atoms with Crippen LogP contribution in [0.3, 0.4) is 0 Å². The van der Waals surface area contributed by atoms with Gasteiger partial charge in [-0.1, -0.05) is 12.1 Å². The summed E-state index contributed by atoms with van der Waals surface area (Å²) in [5, 5.41) is 23.2. The Kier molecular flexibility index (Phi) is 2.55. The normalized spacial score (nSPS) is 16.9. The molecule has 1 saturated carbocycles. The molecule has 0 unspecified atom stereocenters. The lowest BCUT2D eigenvalue weighted by Gasteiger charge is -2.17. The fourth-order valence-electron chi connectivity index (χ4n) is 1.71. The first-order valence-corrected chi connectivity index (χ1v) is 5.21. The monoisotopic (exact) mass is 222 g/mol. The molecule has 2 rings (SSSR count). The minimum Gasteiger partial charge on any atom is -0.394 e. The van der Waals surface area contributed by atoms with Gasteiger partial charge < -0.3 is 10.4 Å². The van der Waals surface area contributed by atoms with E-state index >= 15 is 0 Å². The van der Waals surface area contributed by atoms with Gasteiger partial charge in [-0.15, -0.1) is 0 Å². The van der Waals surface area contributed by atoms with Gasteiger partial charge in [-0.05, 0) is 25.3 Å². The Morgan fingerprint density at radius 1 is 1.56 bits per heavy atom. The molecule has 2 N–H and O–H groups in total. The Balaban J connectivity index is 2.35. The van der Waals surface area contributed by atoms with Crippen LogP contribution in [0.2, 0.25) is 0 Å². The summed E-state index contributed by atoms with van der Waals surface area (Å²) in [4.78, 5) is 10.5. The number of para-hydroxylation sites is 1. The Hall–Kier alpha value is -1.62. The number of hydrogen-bond donors (Lipinski definition) is 2. The van der Waals surface area contributed by atoms with Crippen molar-refractivity contribution in [2.45, 2.75) is 25.3 Å². The minimum atomic E-state index is -0.400. The number of aryl methyl sites for hydroxylation is 1. The molecule has 0 heterocycles. The topological polar surface area (TPSA) is 75.4 Å². The van der Waals surface area contributed by atoms with Crippen LogP contribution in [0.4, 0.5) is 11.4 Å². The first kappa shape index (κ1) is 10.9. The van der Waals surface area contributed by atoms with Gasteiger partial charge in [0, 0.05) is 6.07 Å². The predicted octanol–water partition coefficient (Wildman–Crippen LogP) is 1.84. The molecule has 1 fully saturated rings. The van der Waals surface area contributed by atoms with Gasteiger partial charge in [0.2, 0.25) is 0 Å². The SMILES string of the molecule is Cc1cccc([N+](=O)[O-])c1NC1(CO)CC1. The molecule has 1 aliphatic rings. The number of benzene rings is 1. The summed E-state index contributed by atoms with van der Waals surface area (Å²) in [6, 6.07) is 4.96. The van der Waals surface area contributed by atoms with Crippen LogP contribution >= 0.6 is 0 Å². The van der Waals surface area contributed by atoms with Crippen molar-refractivity contribution in [1.29, 1.82) is 0 Å². The van der Waals surface area contributed by atoms with E-state index in [1.165, 1.54) is 6.07 Å². The van der Waals surface area contributed by atoms with Crippen LogP contribution in [0.25, 0.3) is 0 Å². The van der Waals surface area contributed by atoms with Crippen molar-refractivity contribution in [1.82, 2.24) is 0 Å². The largest absolute Gasteiger partial charge is 0.394 e. The molecule has 0 aromatic heterocycles. The number of nitro benzene ring substituents is 1. The van der Waals surface area contributed by atoms with Crippen molar-refractivity contribution in [3.05, 3.63) is 33.9 Å². The van der Waals surface area contributed by atoms with Gasteiger partial charge in [0.15, 0.2) is 0 Å². The summed E-state index contributed by atoms with van der Waals surface area (Å²) in [7, 11) is 0. The molecule has 0 spiro atoms. The maximum Gasteiger partial charge on any atom is 0.292 e. The van der Waals surface area contributed by atoms with E-state index in [1.807, 2.05) is 13.0 Å². The molecule has 1 aromatic rings. The number of aliphatic hydroxyl groups is 1. The summed E-state index contributed by atoms with van der Waals surface area (Å²) >= 11 is 0. The lowest BCUT2D eigenvalue weighted by atomic mass is 10.1. The quantitative estimate of drug-likeness (QED) is 0.602. The first-order valence-electron chi connectivity index (χ1n) is 5.21. The summed E-state index contributed by atoms with van der Waals surface area (Å²) in [6.07, 6.45) is 1.71. The van der Waals surface area contributed by atoms with Gasteiger partial charge in [0.05, 0.1) is 17.1 Å². The zero-order chi connectivity index (χ0) is 11.8. The van der Waals surface area contributed by atoms with Gasteiger partial charge in [-0.3, -0.25) is 10.1 Å². The first-order chi connectivity index (χ1) is 7.58. The molecule has 1 aliphatic carbocycles. The molecule has 0 aliphatic heterocycles. The van der Waals surface area contributed by atoms with Crippen molar-refractivity contribution in [3.63, 3.8) is 0 Å². The van der Waals surface area contributed by atoms with Crippen molar-refractivity contribution in [2.75, 3.05) is 11.9 Å². The third kappa shape index (κ3) is 1.86. The van der Waals surface area contributed by atoms with Crippen LogP contribution in [-0.2, 0) is 0 Å². The number of nitrogens with zero attached hydrogens (tertiary/aromatic N) is 1. The summed E-state index contributed by atoms with van der Waals surface area (Å²) in [5.74, 6) is 0. The lowest BCUT2D eigenvalue weighted by molar-refractivity contribution is -0.384. The second kappa shape index (κ2) is 3.75. The van der Waals surface area contributed by atoms with E-state index in [-0.39, 0.29) is 17.8 Å². The van der Waals surface area contributed by atoms with Crippen LogP contribution in [0.5, 0.6) is 0 Å². The second-order valence-corrected chi connectivity index (χ2v) is 4.29. The van der Waals surface area contributed by atoms with Gasteiger partial charge in [0.25, 0.3) is 5.69 Å². The van der Waals surface area contributed by atoms with Crippen LogP contribution in [0.15, 0.2) is 18.2 Å². The maximum atomic E-state index is 10.9. The van der Waals surface area contributed by atoms with E-state index in [9.17, 15) is 15.2 Å². The van der Waals surface area contributed by atoms with Gasteiger partial charge >= 0.3 is 0 Å². The zero-order valence-corrected chi connectivity index (χ0v) is 9.06. The lowest BCUT2D eigenvalue weighted by Crippen LogP contribution is -2.26. The smallest absolute Gasteiger partial charge is 0.292 e. The number of hydrogen-bond acceptors (Lipinski definition) is 4. The Morgan fingerprint density at radius 3 is 2.75 bits per heavy atom. The molecule has 5 heteroatoms. The molecule has 0 radical (unpaired) electrons. The number of nitrogens with one attached hydrogen (secondary N) is 1. The van der Waals surface area contributed by atoms with E-state index in [0.717, 1.165) is 18.4 Å². The van der Waals surface area contributed by atoms with Crippen LogP contribution < -0.4 is 5.32 Å². The van der Waals surface area contributed by atoms with Crippen LogP contribution in [0.1, 0.15) is 18.4 Å². The van der Waals surface area contributed by atoms with Gasteiger partial charge in [-0.2, -0.15) is 0 Å². The van der Waals surface area contributed by atoms with Crippen LogP contribution in [0, 0.1) is 17.0 Å². The minimum absolute atomic E-state index is 0.0124. The molecule has 1 aromatic carbocycles. The zero-order valence-electron chi connectivity index (χ0n) is 9.06. The summed E-state index contributed by atoms with van der Waals surface area (Å²) in [5.41, 5.74) is 1.09. The van der Waals surface area contributed by atoms with E-state index in [4.69, 9.17) is 0 Å².